The lowest BCUT2D eigenvalue weighted by molar-refractivity contribution is -0.167. The molecule has 0 heterocycles. The first-order chi connectivity index (χ1) is 32.5. The van der Waals surface area contributed by atoms with E-state index < -0.39 is 6.10 Å². The Hall–Kier alpha value is -3.15. The molecule has 0 aromatic carbocycles. The SMILES string of the molecule is CC\C=C/C=C\C=C/CCCCCCCCCC(=O)OC(COC(=O)CCCCCCCCCCC/C=C\C/C=C\C/C=C\CC)COC(=O)CCCCCCCCCCCCCCCC. The van der Waals surface area contributed by atoms with Gasteiger partial charge in [-0.1, -0.05) is 254 Å². The molecule has 0 aromatic rings. The van der Waals surface area contributed by atoms with E-state index in [1.54, 1.807) is 0 Å². The molecule has 0 fully saturated rings. The van der Waals surface area contributed by atoms with Crippen molar-refractivity contribution in [2.45, 2.75) is 277 Å². The molecule has 6 heteroatoms. The Morgan fingerprint density at radius 2 is 0.667 bits per heavy atom. The molecule has 0 bridgehead atoms. The average Bonchev–Trinajstić information content (AvgIpc) is 3.31. The lowest BCUT2D eigenvalue weighted by Crippen LogP contribution is -2.30. The van der Waals surface area contributed by atoms with E-state index in [1.807, 2.05) is 0 Å². The summed E-state index contributed by atoms with van der Waals surface area (Å²) in [6.45, 7) is 6.41. The van der Waals surface area contributed by atoms with Crippen LogP contribution in [0.4, 0.5) is 0 Å². The van der Waals surface area contributed by atoms with Crippen LogP contribution < -0.4 is 0 Å². The quantitative estimate of drug-likeness (QED) is 0.0199. The molecule has 380 valence electrons. The molecule has 0 radical (unpaired) electrons. The summed E-state index contributed by atoms with van der Waals surface area (Å²) in [5.74, 6) is -0.889. The molecule has 0 aliphatic heterocycles. The van der Waals surface area contributed by atoms with Crippen molar-refractivity contribution >= 4 is 17.9 Å². The summed E-state index contributed by atoms with van der Waals surface area (Å²) in [4.78, 5) is 38.1. The van der Waals surface area contributed by atoms with Gasteiger partial charge in [-0.15, -0.1) is 0 Å². The van der Waals surface area contributed by atoms with Gasteiger partial charge < -0.3 is 14.2 Å². The van der Waals surface area contributed by atoms with Gasteiger partial charge in [-0.3, -0.25) is 14.4 Å². The van der Waals surface area contributed by atoms with Crippen LogP contribution in [0.5, 0.6) is 0 Å². The van der Waals surface area contributed by atoms with Gasteiger partial charge in [0.15, 0.2) is 6.10 Å². The van der Waals surface area contributed by atoms with Crippen LogP contribution in [0.3, 0.4) is 0 Å². The lowest BCUT2D eigenvalue weighted by atomic mass is 10.0. The van der Waals surface area contributed by atoms with Gasteiger partial charge in [-0.2, -0.15) is 0 Å². The smallest absolute Gasteiger partial charge is 0.306 e. The standard InChI is InChI=1S/C60H104O6/c1-4-7-10-13-16-19-22-25-28-29-30-31-33-35-38-41-44-47-50-53-59(62)65-56-57(55-64-58(61)52-49-46-43-40-37-34-27-24-21-18-15-12-9-6-3)66-60(63)54-51-48-45-42-39-36-32-26-23-20-17-14-11-8-5-2/h7-8,10-11,14,16-17,19-20,23,25,28,57H,4-6,9,12-13,15,18,21-22,24,26-27,29-56H2,1-3H3/b10-7-,11-8-,17-14-,19-16-,23-20-,28-25-. The molecule has 1 atom stereocenters. The van der Waals surface area contributed by atoms with E-state index in [9.17, 15) is 14.4 Å². The summed E-state index contributed by atoms with van der Waals surface area (Å²) in [5.41, 5.74) is 0. The number of hydrogen-bond acceptors (Lipinski definition) is 6. The van der Waals surface area contributed by atoms with E-state index in [-0.39, 0.29) is 31.1 Å². The largest absolute Gasteiger partial charge is 0.462 e. The van der Waals surface area contributed by atoms with Crippen LogP contribution >= 0.6 is 0 Å². The topological polar surface area (TPSA) is 78.9 Å². The van der Waals surface area contributed by atoms with Crippen molar-refractivity contribution in [2.75, 3.05) is 13.2 Å². The van der Waals surface area contributed by atoms with Crippen LogP contribution in [-0.4, -0.2) is 37.2 Å². The van der Waals surface area contributed by atoms with Crippen molar-refractivity contribution in [1.29, 1.82) is 0 Å². The number of ether oxygens (including phenoxy) is 3. The number of carbonyl (C=O) groups is 3. The molecular weight excluding hydrogens is 817 g/mol. The third-order valence-corrected chi connectivity index (χ3v) is 12.0. The van der Waals surface area contributed by atoms with Crippen molar-refractivity contribution < 1.29 is 28.6 Å². The lowest BCUT2D eigenvalue weighted by Gasteiger charge is -2.18. The summed E-state index contributed by atoms with van der Waals surface area (Å²) in [6.07, 6.45) is 68.8. The van der Waals surface area contributed by atoms with Gasteiger partial charge in [0, 0.05) is 19.3 Å². The van der Waals surface area contributed by atoms with E-state index in [0.717, 1.165) is 89.9 Å². The van der Waals surface area contributed by atoms with Gasteiger partial charge >= 0.3 is 17.9 Å². The predicted octanol–water partition coefficient (Wildman–Crippen LogP) is 18.6. The highest BCUT2D eigenvalue weighted by Gasteiger charge is 2.19. The first-order valence-corrected chi connectivity index (χ1v) is 28.0. The molecule has 0 aromatic heterocycles. The Morgan fingerprint density at radius 1 is 0.333 bits per heavy atom. The zero-order valence-corrected chi connectivity index (χ0v) is 43.4. The molecule has 1 unspecified atom stereocenters. The minimum atomic E-state index is -0.782. The Morgan fingerprint density at radius 3 is 1.09 bits per heavy atom. The van der Waals surface area contributed by atoms with Gasteiger partial charge in [0.1, 0.15) is 13.2 Å². The van der Waals surface area contributed by atoms with Gasteiger partial charge in [0.25, 0.3) is 0 Å². The number of rotatable bonds is 50. The van der Waals surface area contributed by atoms with Crippen molar-refractivity contribution in [1.82, 2.24) is 0 Å². The maximum Gasteiger partial charge on any atom is 0.306 e. The zero-order chi connectivity index (χ0) is 47.9. The van der Waals surface area contributed by atoms with Crippen LogP contribution in [0.1, 0.15) is 271 Å². The molecule has 0 spiro atoms. The van der Waals surface area contributed by atoms with Crippen LogP contribution in [0.2, 0.25) is 0 Å². The summed E-state index contributed by atoms with van der Waals surface area (Å²) < 4.78 is 16.9. The van der Waals surface area contributed by atoms with E-state index >= 15 is 0 Å². The summed E-state index contributed by atoms with van der Waals surface area (Å²) in [5, 5.41) is 0. The van der Waals surface area contributed by atoms with Crippen molar-refractivity contribution in [3.8, 4) is 0 Å². The van der Waals surface area contributed by atoms with Gasteiger partial charge in [0.05, 0.1) is 0 Å². The average molecular weight is 921 g/mol. The van der Waals surface area contributed by atoms with Crippen LogP contribution in [0.15, 0.2) is 72.9 Å². The maximum atomic E-state index is 12.8. The minimum Gasteiger partial charge on any atom is -0.462 e. The van der Waals surface area contributed by atoms with Crippen molar-refractivity contribution in [3.05, 3.63) is 72.9 Å². The van der Waals surface area contributed by atoms with Crippen LogP contribution in [-0.2, 0) is 28.6 Å². The Labute approximate surface area is 408 Å². The Kier molecular flexibility index (Phi) is 51.9. The van der Waals surface area contributed by atoms with Crippen molar-refractivity contribution in [3.63, 3.8) is 0 Å². The number of allylic oxidation sites excluding steroid dienone is 12. The highest BCUT2D eigenvalue weighted by atomic mass is 16.6. The molecule has 0 aliphatic carbocycles. The third-order valence-electron chi connectivity index (χ3n) is 12.0. The second kappa shape index (κ2) is 54.5. The molecule has 0 saturated heterocycles. The van der Waals surface area contributed by atoms with Gasteiger partial charge in [-0.25, -0.2) is 0 Å². The highest BCUT2D eigenvalue weighted by Crippen LogP contribution is 2.16. The molecular formula is C60H104O6. The first-order valence-electron chi connectivity index (χ1n) is 28.0. The molecule has 0 amide bonds. The molecule has 0 aliphatic rings. The zero-order valence-electron chi connectivity index (χ0n) is 43.4. The third kappa shape index (κ3) is 51.8. The number of carbonyl (C=O) groups excluding carboxylic acids is 3. The number of hydrogen-bond donors (Lipinski definition) is 0. The molecule has 0 N–H and O–H groups in total. The number of unbranched alkanes of at least 4 members (excludes halogenated alkanes) is 29. The monoisotopic (exact) mass is 921 g/mol. The van der Waals surface area contributed by atoms with E-state index in [1.165, 1.54) is 141 Å². The number of esters is 3. The fraction of sp³-hybridized carbons (Fsp3) is 0.750. The van der Waals surface area contributed by atoms with Crippen LogP contribution in [0.25, 0.3) is 0 Å². The normalized spacial score (nSPS) is 12.6. The molecule has 66 heavy (non-hydrogen) atoms. The first kappa shape index (κ1) is 62.8. The second-order valence-electron chi connectivity index (χ2n) is 18.5. The fourth-order valence-electron chi connectivity index (χ4n) is 7.87. The van der Waals surface area contributed by atoms with E-state index in [4.69, 9.17) is 14.2 Å². The second-order valence-corrected chi connectivity index (χ2v) is 18.5. The fourth-order valence-corrected chi connectivity index (χ4v) is 7.87. The predicted molar refractivity (Wildman–Crippen MR) is 284 cm³/mol. The van der Waals surface area contributed by atoms with E-state index in [2.05, 4.69) is 93.7 Å². The van der Waals surface area contributed by atoms with Gasteiger partial charge in [0.2, 0.25) is 0 Å². The highest BCUT2D eigenvalue weighted by molar-refractivity contribution is 5.71. The maximum absolute atomic E-state index is 12.8. The summed E-state index contributed by atoms with van der Waals surface area (Å²) in [6, 6.07) is 0. The Balaban J connectivity index is 4.37. The Bertz CT molecular complexity index is 1240. The summed E-state index contributed by atoms with van der Waals surface area (Å²) >= 11 is 0. The molecule has 0 rings (SSSR count). The molecule has 6 nitrogen and oxygen atoms in total. The van der Waals surface area contributed by atoms with Crippen LogP contribution in [0, 0.1) is 0 Å². The minimum absolute atomic E-state index is 0.0798. The molecule has 0 saturated carbocycles. The van der Waals surface area contributed by atoms with Crippen molar-refractivity contribution in [2.24, 2.45) is 0 Å². The van der Waals surface area contributed by atoms with Gasteiger partial charge in [-0.05, 0) is 70.6 Å². The van der Waals surface area contributed by atoms with E-state index in [0.29, 0.717) is 19.3 Å². The summed E-state index contributed by atoms with van der Waals surface area (Å²) in [7, 11) is 0.